The second-order valence-corrected chi connectivity index (χ2v) is 6.17. The highest BCUT2D eigenvalue weighted by atomic mass is 32.2. The topological polar surface area (TPSA) is 40.5 Å². The van der Waals surface area contributed by atoms with E-state index in [1.165, 1.54) is 5.56 Å². The van der Waals surface area contributed by atoms with Crippen molar-refractivity contribution in [2.24, 2.45) is 5.92 Å². The lowest BCUT2D eigenvalue weighted by Gasteiger charge is -2.30. The molecule has 0 aromatic heterocycles. The van der Waals surface area contributed by atoms with Crippen LogP contribution in [0.1, 0.15) is 17.5 Å². The Hall–Kier alpha value is -1.16. The third kappa shape index (κ3) is 2.21. The van der Waals surface area contributed by atoms with E-state index < -0.39 is 0 Å². The fourth-order valence-corrected chi connectivity index (χ4v) is 3.93. The van der Waals surface area contributed by atoms with Crippen LogP contribution in [0.4, 0.5) is 0 Å². The standard InChI is InChI=1S/C14H17NO2S/c16-13-2-1-10-3-5-15(8-12(10)7-13)14(17)11-4-6-18-9-11/h1-2,7,11,16H,3-6,8-9H2. The van der Waals surface area contributed by atoms with E-state index in [1.54, 1.807) is 12.1 Å². The number of nitrogens with zero attached hydrogens (tertiary/aromatic N) is 1. The van der Waals surface area contributed by atoms with Crippen LogP contribution in [0.2, 0.25) is 0 Å². The number of hydrogen-bond donors (Lipinski definition) is 1. The summed E-state index contributed by atoms with van der Waals surface area (Å²) in [5, 5.41) is 9.52. The molecule has 1 aromatic rings. The third-order valence-corrected chi connectivity index (χ3v) is 4.96. The van der Waals surface area contributed by atoms with Crippen molar-refractivity contribution >= 4 is 17.7 Å². The van der Waals surface area contributed by atoms with E-state index in [9.17, 15) is 9.90 Å². The average molecular weight is 263 g/mol. The summed E-state index contributed by atoms with van der Waals surface area (Å²) in [5.74, 6) is 2.89. The summed E-state index contributed by atoms with van der Waals surface area (Å²) in [7, 11) is 0. The van der Waals surface area contributed by atoms with Gasteiger partial charge in [-0.15, -0.1) is 0 Å². The van der Waals surface area contributed by atoms with Gasteiger partial charge in [-0.05, 0) is 41.9 Å². The van der Waals surface area contributed by atoms with E-state index in [0.717, 1.165) is 36.5 Å². The molecule has 0 saturated carbocycles. The van der Waals surface area contributed by atoms with Gasteiger partial charge in [0, 0.05) is 24.8 Å². The molecular formula is C14H17NO2S. The summed E-state index contributed by atoms with van der Waals surface area (Å²) in [6.45, 7) is 1.47. The lowest BCUT2D eigenvalue weighted by Crippen LogP contribution is -2.39. The summed E-state index contributed by atoms with van der Waals surface area (Å²) >= 11 is 1.88. The van der Waals surface area contributed by atoms with E-state index in [-0.39, 0.29) is 5.92 Å². The molecule has 18 heavy (non-hydrogen) atoms. The van der Waals surface area contributed by atoms with Crippen molar-refractivity contribution in [3.8, 4) is 5.75 Å². The Morgan fingerprint density at radius 1 is 1.39 bits per heavy atom. The zero-order valence-corrected chi connectivity index (χ0v) is 11.1. The van der Waals surface area contributed by atoms with Gasteiger partial charge in [-0.1, -0.05) is 6.07 Å². The van der Waals surface area contributed by atoms with Crippen LogP contribution in [0.25, 0.3) is 0 Å². The van der Waals surface area contributed by atoms with Gasteiger partial charge in [-0.3, -0.25) is 4.79 Å². The van der Waals surface area contributed by atoms with E-state index in [4.69, 9.17) is 0 Å². The van der Waals surface area contributed by atoms with Gasteiger partial charge < -0.3 is 10.0 Å². The highest BCUT2D eigenvalue weighted by Gasteiger charge is 2.29. The molecule has 1 aromatic carbocycles. The summed E-state index contributed by atoms with van der Waals surface area (Å²) in [6.07, 6.45) is 1.92. The first-order valence-corrected chi connectivity index (χ1v) is 7.57. The second-order valence-electron chi connectivity index (χ2n) is 5.02. The smallest absolute Gasteiger partial charge is 0.226 e. The lowest BCUT2D eigenvalue weighted by atomic mass is 9.98. The van der Waals surface area contributed by atoms with Crippen molar-refractivity contribution in [3.05, 3.63) is 29.3 Å². The zero-order valence-electron chi connectivity index (χ0n) is 10.3. The normalized spacial score (nSPS) is 22.9. The monoisotopic (exact) mass is 263 g/mol. The Kier molecular flexibility index (Phi) is 3.20. The van der Waals surface area contributed by atoms with Gasteiger partial charge in [0.1, 0.15) is 5.75 Å². The maximum Gasteiger partial charge on any atom is 0.226 e. The van der Waals surface area contributed by atoms with Gasteiger partial charge in [0.15, 0.2) is 0 Å². The number of aromatic hydroxyl groups is 1. The van der Waals surface area contributed by atoms with Crippen LogP contribution >= 0.6 is 11.8 Å². The number of hydrogen-bond acceptors (Lipinski definition) is 3. The fraction of sp³-hybridized carbons (Fsp3) is 0.500. The summed E-state index contributed by atoms with van der Waals surface area (Å²) < 4.78 is 0. The SMILES string of the molecule is O=C(C1CCSC1)N1CCc2ccc(O)cc2C1. The predicted molar refractivity (Wildman–Crippen MR) is 72.7 cm³/mol. The van der Waals surface area contributed by atoms with Crippen molar-refractivity contribution < 1.29 is 9.90 Å². The fourth-order valence-electron chi connectivity index (χ4n) is 2.72. The highest BCUT2D eigenvalue weighted by molar-refractivity contribution is 7.99. The molecule has 0 spiro atoms. The number of amides is 1. The maximum atomic E-state index is 12.3. The van der Waals surface area contributed by atoms with Crippen molar-refractivity contribution in [1.82, 2.24) is 4.90 Å². The minimum atomic E-state index is 0.217. The number of thioether (sulfide) groups is 1. The van der Waals surface area contributed by atoms with Crippen molar-refractivity contribution in [1.29, 1.82) is 0 Å². The van der Waals surface area contributed by atoms with Crippen LogP contribution in [0.15, 0.2) is 18.2 Å². The van der Waals surface area contributed by atoms with Crippen molar-refractivity contribution in [2.45, 2.75) is 19.4 Å². The molecule has 2 heterocycles. The van der Waals surface area contributed by atoms with Gasteiger partial charge in [-0.2, -0.15) is 11.8 Å². The van der Waals surface area contributed by atoms with E-state index >= 15 is 0 Å². The van der Waals surface area contributed by atoms with Crippen LogP contribution in [-0.4, -0.2) is 34.0 Å². The molecule has 1 N–H and O–H groups in total. The Morgan fingerprint density at radius 2 is 2.28 bits per heavy atom. The van der Waals surface area contributed by atoms with Crippen LogP contribution in [0.5, 0.6) is 5.75 Å². The molecule has 96 valence electrons. The molecule has 1 amide bonds. The average Bonchev–Trinajstić information content (AvgIpc) is 2.90. The molecule has 1 atom stereocenters. The zero-order chi connectivity index (χ0) is 12.5. The quantitative estimate of drug-likeness (QED) is 0.843. The van der Waals surface area contributed by atoms with Crippen LogP contribution in [-0.2, 0) is 17.8 Å². The third-order valence-electron chi connectivity index (χ3n) is 3.79. The number of rotatable bonds is 1. The van der Waals surface area contributed by atoms with E-state index in [0.29, 0.717) is 18.2 Å². The predicted octanol–water partition coefficient (Wildman–Crippen LogP) is 2.03. The molecule has 0 radical (unpaired) electrons. The minimum Gasteiger partial charge on any atom is -0.508 e. The van der Waals surface area contributed by atoms with E-state index in [1.807, 2.05) is 22.7 Å². The van der Waals surface area contributed by atoms with Crippen LogP contribution in [0.3, 0.4) is 0 Å². The molecule has 3 rings (SSSR count). The molecule has 0 aliphatic carbocycles. The number of phenols is 1. The van der Waals surface area contributed by atoms with Crippen LogP contribution in [0, 0.1) is 5.92 Å². The molecular weight excluding hydrogens is 246 g/mol. The van der Waals surface area contributed by atoms with Gasteiger partial charge in [0.2, 0.25) is 5.91 Å². The molecule has 3 nitrogen and oxygen atoms in total. The highest BCUT2D eigenvalue weighted by Crippen LogP contribution is 2.28. The number of benzene rings is 1. The largest absolute Gasteiger partial charge is 0.508 e. The Balaban J connectivity index is 1.75. The van der Waals surface area contributed by atoms with Crippen molar-refractivity contribution in [3.63, 3.8) is 0 Å². The van der Waals surface area contributed by atoms with Crippen molar-refractivity contribution in [2.75, 3.05) is 18.1 Å². The van der Waals surface area contributed by atoms with Crippen LogP contribution < -0.4 is 0 Å². The van der Waals surface area contributed by atoms with Gasteiger partial charge in [0.25, 0.3) is 0 Å². The summed E-state index contributed by atoms with van der Waals surface area (Å²) in [5.41, 5.74) is 2.36. The molecule has 1 unspecified atom stereocenters. The first-order chi connectivity index (χ1) is 8.74. The van der Waals surface area contributed by atoms with Gasteiger partial charge in [-0.25, -0.2) is 0 Å². The number of carbonyl (C=O) groups excluding carboxylic acids is 1. The first-order valence-electron chi connectivity index (χ1n) is 6.41. The maximum absolute atomic E-state index is 12.3. The van der Waals surface area contributed by atoms with Gasteiger partial charge >= 0.3 is 0 Å². The molecule has 1 fully saturated rings. The summed E-state index contributed by atoms with van der Waals surface area (Å²) in [6, 6.07) is 5.49. The second kappa shape index (κ2) is 4.84. The number of fused-ring (bicyclic) bond motifs is 1. The molecule has 2 aliphatic rings. The van der Waals surface area contributed by atoms with E-state index in [2.05, 4.69) is 0 Å². The molecule has 4 heteroatoms. The molecule has 2 aliphatic heterocycles. The number of carbonyl (C=O) groups is 1. The number of phenolic OH excluding ortho intramolecular Hbond substituents is 1. The Morgan fingerprint density at radius 3 is 3.06 bits per heavy atom. The first kappa shape index (κ1) is 11.9. The minimum absolute atomic E-state index is 0.217. The Labute approximate surface area is 111 Å². The summed E-state index contributed by atoms with van der Waals surface area (Å²) in [4.78, 5) is 14.3. The lowest BCUT2D eigenvalue weighted by molar-refractivity contribution is -0.135. The molecule has 0 bridgehead atoms. The van der Waals surface area contributed by atoms with Gasteiger partial charge in [0.05, 0.1) is 0 Å². The Bertz CT molecular complexity index is 469. The molecule has 1 saturated heterocycles.